The molecule has 1 N–H and O–H groups in total. The van der Waals surface area contributed by atoms with E-state index in [4.69, 9.17) is 4.74 Å². The van der Waals surface area contributed by atoms with E-state index in [9.17, 15) is 9.90 Å². The zero-order valence-corrected chi connectivity index (χ0v) is 14.0. The summed E-state index contributed by atoms with van der Waals surface area (Å²) in [5, 5.41) is 9.27. The molecule has 130 valence electrons. The predicted molar refractivity (Wildman–Crippen MR) is 95.3 cm³/mol. The fraction of sp³-hybridized carbons (Fsp3) is 0.333. The molecular formula is C18H20N4O3. The van der Waals surface area contributed by atoms with Gasteiger partial charge in [-0.25, -0.2) is 9.78 Å². The maximum Gasteiger partial charge on any atom is 0.333 e. The van der Waals surface area contributed by atoms with Crippen LogP contribution in [0, 0.1) is 0 Å². The summed E-state index contributed by atoms with van der Waals surface area (Å²) in [6.07, 6.45) is 1.53. The van der Waals surface area contributed by atoms with Gasteiger partial charge in [-0.2, -0.15) is 0 Å². The number of morpholine rings is 1. The van der Waals surface area contributed by atoms with Crippen molar-refractivity contribution in [2.75, 3.05) is 31.2 Å². The summed E-state index contributed by atoms with van der Waals surface area (Å²) >= 11 is 0. The number of aryl methyl sites for hydroxylation is 1. The number of rotatable bonds is 3. The highest BCUT2D eigenvalue weighted by Crippen LogP contribution is 2.20. The van der Waals surface area contributed by atoms with Crippen molar-refractivity contribution >= 4 is 16.9 Å². The second-order valence-corrected chi connectivity index (χ2v) is 6.16. The van der Waals surface area contributed by atoms with E-state index in [1.54, 1.807) is 22.4 Å². The molecule has 3 heterocycles. The molecule has 0 bridgehead atoms. The highest BCUT2D eigenvalue weighted by atomic mass is 16.5. The van der Waals surface area contributed by atoms with Gasteiger partial charge in [0.25, 0.3) is 0 Å². The average Bonchev–Trinajstić information content (AvgIpc) is 2.93. The fourth-order valence-corrected chi connectivity index (χ4v) is 3.28. The lowest BCUT2D eigenvalue weighted by Gasteiger charge is -2.32. The number of anilines is 1. The Morgan fingerprint density at radius 2 is 2.04 bits per heavy atom. The summed E-state index contributed by atoms with van der Waals surface area (Å²) < 4.78 is 8.78. The van der Waals surface area contributed by atoms with Crippen LogP contribution in [0.25, 0.3) is 16.7 Å². The number of imidazole rings is 1. The number of aliphatic hydroxyl groups excluding tert-OH is 1. The van der Waals surface area contributed by atoms with Crippen molar-refractivity contribution in [3.05, 3.63) is 53.1 Å². The van der Waals surface area contributed by atoms with Crippen LogP contribution in [0.15, 0.2) is 47.4 Å². The van der Waals surface area contributed by atoms with E-state index in [1.165, 1.54) is 0 Å². The Morgan fingerprint density at radius 3 is 2.76 bits per heavy atom. The molecule has 0 aliphatic carbocycles. The number of hydrogen-bond acceptors (Lipinski definition) is 5. The Balaban J connectivity index is 1.70. The highest BCUT2D eigenvalue weighted by Gasteiger charge is 2.21. The van der Waals surface area contributed by atoms with E-state index in [2.05, 4.69) is 9.88 Å². The van der Waals surface area contributed by atoms with Gasteiger partial charge in [-0.05, 0) is 24.3 Å². The third-order valence-electron chi connectivity index (χ3n) is 4.62. The van der Waals surface area contributed by atoms with Gasteiger partial charge in [-0.1, -0.05) is 12.1 Å². The van der Waals surface area contributed by atoms with Crippen LogP contribution >= 0.6 is 0 Å². The smallest absolute Gasteiger partial charge is 0.333 e. The molecule has 0 saturated carbocycles. The number of hydrogen-bond donors (Lipinski definition) is 1. The van der Waals surface area contributed by atoms with Crippen LogP contribution in [0.1, 0.15) is 0 Å². The van der Waals surface area contributed by atoms with Gasteiger partial charge in [0.1, 0.15) is 5.82 Å². The third kappa shape index (κ3) is 2.71. The monoisotopic (exact) mass is 340 g/mol. The molecule has 0 spiro atoms. The zero-order valence-electron chi connectivity index (χ0n) is 14.0. The Kier molecular flexibility index (Phi) is 4.03. The summed E-state index contributed by atoms with van der Waals surface area (Å²) in [6.45, 7) is 1.91. The van der Waals surface area contributed by atoms with Gasteiger partial charge < -0.3 is 14.7 Å². The van der Waals surface area contributed by atoms with Crippen molar-refractivity contribution in [2.45, 2.75) is 6.10 Å². The Morgan fingerprint density at radius 1 is 1.24 bits per heavy atom. The van der Waals surface area contributed by atoms with Gasteiger partial charge in [0, 0.05) is 20.1 Å². The van der Waals surface area contributed by atoms with E-state index in [0.717, 1.165) is 29.1 Å². The molecule has 2 aromatic heterocycles. The molecule has 1 atom stereocenters. The third-order valence-corrected chi connectivity index (χ3v) is 4.62. The summed E-state index contributed by atoms with van der Waals surface area (Å²) in [5.41, 5.74) is 2.38. The zero-order chi connectivity index (χ0) is 17.4. The molecule has 7 heteroatoms. The highest BCUT2D eigenvalue weighted by molar-refractivity contribution is 5.78. The number of benzene rings is 1. The van der Waals surface area contributed by atoms with E-state index >= 15 is 0 Å². The maximum absolute atomic E-state index is 12.6. The minimum absolute atomic E-state index is 0.0000179. The van der Waals surface area contributed by atoms with Crippen molar-refractivity contribution in [2.24, 2.45) is 7.05 Å². The molecular weight excluding hydrogens is 320 g/mol. The molecule has 0 radical (unpaired) electrons. The summed E-state index contributed by atoms with van der Waals surface area (Å²) in [5.74, 6) is 0.818. The molecule has 25 heavy (non-hydrogen) atoms. The number of para-hydroxylation sites is 2. The van der Waals surface area contributed by atoms with Crippen molar-refractivity contribution < 1.29 is 9.84 Å². The maximum atomic E-state index is 12.6. The summed E-state index contributed by atoms with van der Waals surface area (Å²) in [4.78, 5) is 19.2. The van der Waals surface area contributed by atoms with Crippen LogP contribution in [0.4, 0.5) is 5.82 Å². The minimum Gasteiger partial charge on any atom is -0.394 e. The number of fused-ring (bicyclic) bond motifs is 1. The topological polar surface area (TPSA) is 72.5 Å². The predicted octanol–water partition coefficient (Wildman–Crippen LogP) is 0.922. The van der Waals surface area contributed by atoms with Gasteiger partial charge >= 0.3 is 5.69 Å². The molecule has 0 amide bonds. The Labute approximate surface area is 144 Å². The second-order valence-electron chi connectivity index (χ2n) is 6.16. The van der Waals surface area contributed by atoms with Crippen LogP contribution < -0.4 is 10.6 Å². The molecule has 7 nitrogen and oxygen atoms in total. The largest absolute Gasteiger partial charge is 0.394 e. The van der Waals surface area contributed by atoms with Crippen LogP contribution in [0.2, 0.25) is 0 Å². The Hall–Kier alpha value is -2.64. The lowest BCUT2D eigenvalue weighted by molar-refractivity contribution is 0.00336. The van der Waals surface area contributed by atoms with Gasteiger partial charge in [0.05, 0.1) is 42.2 Å². The van der Waals surface area contributed by atoms with Gasteiger partial charge in [-0.3, -0.25) is 9.13 Å². The average molecular weight is 340 g/mol. The SMILES string of the molecule is Cn1c(=O)n(-c2ccc(N3CCOC(CO)C3)nc2)c2ccccc21. The van der Waals surface area contributed by atoms with Crippen molar-refractivity contribution in [3.8, 4) is 5.69 Å². The first-order valence-electron chi connectivity index (χ1n) is 8.29. The minimum atomic E-state index is -0.184. The second kappa shape index (κ2) is 6.34. The summed E-state index contributed by atoms with van der Waals surface area (Å²) in [7, 11) is 1.77. The normalized spacial score (nSPS) is 18.0. The quantitative estimate of drug-likeness (QED) is 0.768. The molecule has 1 aromatic carbocycles. The number of aromatic nitrogens is 3. The van der Waals surface area contributed by atoms with E-state index < -0.39 is 0 Å². The lowest BCUT2D eigenvalue weighted by atomic mass is 10.2. The fourth-order valence-electron chi connectivity index (χ4n) is 3.28. The van der Waals surface area contributed by atoms with Crippen molar-refractivity contribution in [3.63, 3.8) is 0 Å². The van der Waals surface area contributed by atoms with Gasteiger partial charge in [0.2, 0.25) is 0 Å². The summed E-state index contributed by atoms with van der Waals surface area (Å²) in [6, 6.07) is 11.5. The van der Waals surface area contributed by atoms with Crippen LogP contribution in [-0.2, 0) is 11.8 Å². The molecule has 1 aliphatic heterocycles. The van der Waals surface area contributed by atoms with Gasteiger partial charge in [0.15, 0.2) is 0 Å². The molecule has 1 saturated heterocycles. The van der Waals surface area contributed by atoms with E-state index in [-0.39, 0.29) is 18.4 Å². The van der Waals surface area contributed by atoms with Crippen LogP contribution in [0.3, 0.4) is 0 Å². The number of pyridine rings is 1. The first kappa shape index (κ1) is 15.9. The van der Waals surface area contributed by atoms with Crippen LogP contribution in [-0.4, -0.2) is 51.6 Å². The molecule has 1 aliphatic rings. The molecule has 1 fully saturated rings. The number of nitrogens with zero attached hydrogens (tertiary/aromatic N) is 4. The van der Waals surface area contributed by atoms with Crippen molar-refractivity contribution in [1.29, 1.82) is 0 Å². The Bertz CT molecular complexity index is 945. The molecule has 3 aromatic rings. The van der Waals surface area contributed by atoms with E-state index in [1.807, 2.05) is 36.4 Å². The lowest BCUT2D eigenvalue weighted by Crippen LogP contribution is -2.44. The first-order chi connectivity index (χ1) is 12.2. The van der Waals surface area contributed by atoms with Gasteiger partial charge in [-0.15, -0.1) is 0 Å². The first-order valence-corrected chi connectivity index (χ1v) is 8.29. The number of aliphatic hydroxyl groups is 1. The van der Waals surface area contributed by atoms with Crippen LogP contribution in [0.5, 0.6) is 0 Å². The standard InChI is InChI=1S/C18H20N4O3/c1-20-15-4-2-3-5-16(15)22(18(20)24)13-6-7-17(19-10-13)21-8-9-25-14(11-21)12-23/h2-7,10,14,23H,8-9,11-12H2,1H3. The molecule has 1 unspecified atom stereocenters. The van der Waals surface area contributed by atoms with Crippen molar-refractivity contribution in [1.82, 2.24) is 14.1 Å². The number of ether oxygens (including phenoxy) is 1. The van der Waals surface area contributed by atoms with E-state index in [0.29, 0.717) is 13.2 Å². The molecule has 4 rings (SSSR count).